The smallest absolute Gasteiger partial charge is 0.234 e. The summed E-state index contributed by atoms with van der Waals surface area (Å²) in [4.78, 5) is 13.4. The zero-order valence-electron chi connectivity index (χ0n) is 12.5. The van der Waals surface area contributed by atoms with Crippen molar-refractivity contribution in [2.75, 3.05) is 19.8 Å². The molecule has 0 spiro atoms. The summed E-state index contributed by atoms with van der Waals surface area (Å²) in [6.45, 7) is 0. The van der Waals surface area contributed by atoms with Crippen LogP contribution in [0.1, 0.15) is 16.4 Å². The summed E-state index contributed by atoms with van der Waals surface area (Å²) in [5.41, 5.74) is 1.73. The van der Waals surface area contributed by atoms with E-state index in [2.05, 4.69) is 0 Å². The number of amides is 1. The standard InChI is InChI=1S/C17H17NO3S/c1-18(2)16(19)11-22(20)17-12-7-3-5-9-14(12)21-15-10-6-4-8-13(15)17/h3-10,17H,11H2,1-2H3. The molecule has 0 fully saturated rings. The van der Waals surface area contributed by atoms with Crippen LogP contribution in [-0.2, 0) is 15.6 Å². The van der Waals surface area contributed by atoms with Crippen LogP contribution in [0, 0.1) is 0 Å². The molecule has 5 heteroatoms. The quantitative estimate of drug-likeness (QED) is 0.875. The van der Waals surface area contributed by atoms with Crippen molar-refractivity contribution in [3.8, 4) is 11.5 Å². The molecule has 0 radical (unpaired) electrons. The molecule has 4 nitrogen and oxygen atoms in total. The Kier molecular flexibility index (Phi) is 3.98. The van der Waals surface area contributed by atoms with Crippen LogP contribution in [0.2, 0.25) is 0 Å². The first-order valence-corrected chi connectivity index (χ1v) is 8.39. The third kappa shape index (κ3) is 2.64. The van der Waals surface area contributed by atoms with Crippen molar-refractivity contribution in [1.29, 1.82) is 0 Å². The van der Waals surface area contributed by atoms with Gasteiger partial charge in [-0.3, -0.25) is 9.00 Å². The van der Waals surface area contributed by atoms with Crippen molar-refractivity contribution >= 4 is 16.7 Å². The number of carbonyl (C=O) groups excluding carboxylic acids is 1. The molecular weight excluding hydrogens is 298 g/mol. The molecule has 0 saturated heterocycles. The van der Waals surface area contributed by atoms with Crippen molar-refractivity contribution in [3.05, 3.63) is 59.7 Å². The summed E-state index contributed by atoms with van der Waals surface area (Å²) < 4.78 is 18.7. The largest absolute Gasteiger partial charge is 0.457 e. The number of benzene rings is 2. The van der Waals surface area contributed by atoms with E-state index in [9.17, 15) is 9.00 Å². The molecule has 0 aromatic heterocycles. The second kappa shape index (κ2) is 5.93. The first-order valence-electron chi connectivity index (χ1n) is 7.01. The number of ether oxygens (including phenoxy) is 1. The van der Waals surface area contributed by atoms with Gasteiger partial charge in [-0.1, -0.05) is 36.4 Å². The Labute approximate surface area is 132 Å². The second-order valence-corrected chi connectivity index (χ2v) is 6.89. The van der Waals surface area contributed by atoms with E-state index in [1.165, 1.54) is 4.90 Å². The van der Waals surface area contributed by atoms with Gasteiger partial charge in [0.2, 0.25) is 5.91 Å². The molecular formula is C17H17NO3S. The van der Waals surface area contributed by atoms with E-state index < -0.39 is 10.8 Å². The van der Waals surface area contributed by atoms with Gasteiger partial charge in [-0.25, -0.2) is 0 Å². The van der Waals surface area contributed by atoms with Crippen LogP contribution in [0.15, 0.2) is 48.5 Å². The van der Waals surface area contributed by atoms with Gasteiger partial charge in [-0.2, -0.15) is 0 Å². The molecule has 114 valence electrons. The normalized spacial score (nSPS) is 14.5. The fourth-order valence-electron chi connectivity index (χ4n) is 2.48. The van der Waals surface area contributed by atoms with Gasteiger partial charge in [0.1, 0.15) is 17.3 Å². The van der Waals surface area contributed by atoms with Gasteiger partial charge in [0, 0.05) is 36.0 Å². The number of para-hydroxylation sites is 2. The Bertz CT molecular complexity index is 697. The number of carbonyl (C=O) groups is 1. The van der Waals surface area contributed by atoms with E-state index in [-0.39, 0.29) is 16.9 Å². The molecule has 0 aliphatic carbocycles. The lowest BCUT2D eigenvalue weighted by atomic mass is 10.00. The Morgan fingerprint density at radius 1 is 1.05 bits per heavy atom. The van der Waals surface area contributed by atoms with Crippen LogP contribution in [0.25, 0.3) is 0 Å². The minimum Gasteiger partial charge on any atom is -0.457 e. The van der Waals surface area contributed by atoms with Crippen molar-refractivity contribution in [2.45, 2.75) is 5.25 Å². The summed E-state index contributed by atoms with van der Waals surface area (Å²) in [5, 5.41) is -0.343. The summed E-state index contributed by atoms with van der Waals surface area (Å²) in [6, 6.07) is 15.1. The minimum absolute atomic E-state index is 0.000333. The molecule has 3 rings (SSSR count). The summed E-state index contributed by atoms with van der Waals surface area (Å²) in [6.07, 6.45) is 0. The van der Waals surface area contributed by atoms with Crippen molar-refractivity contribution in [3.63, 3.8) is 0 Å². The van der Waals surface area contributed by atoms with E-state index in [0.717, 1.165) is 11.1 Å². The number of fused-ring (bicyclic) bond motifs is 2. The summed E-state index contributed by atoms with van der Waals surface area (Å²) in [5.74, 6) is 1.27. The molecule has 0 N–H and O–H groups in total. The van der Waals surface area contributed by atoms with Crippen LogP contribution in [0.3, 0.4) is 0 Å². The SMILES string of the molecule is CN(C)C(=O)CS(=O)C1c2ccccc2Oc2ccccc21. The van der Waals surface area contributed by atoms with Gasteiger partial charge >= 0.3 is 0 Å². The Balaban J connectivity index is 2.03. The molecule has 1 aliphatic rings. The van der Waals surface area contributed by atoms with Gasteiger partial charge < -0.3 is 9.64 Å². The maximum absolute atomic E-state index is 12.8. The van der Waals surface area contributed by atoms with Crippen LogP contribution in [-0.4, -0.2) is 34.9 Å². The second-order valence-electron chi connectivity index (χ2n) is 5.37. The molecule has 0 saturated carbocycles. The van der Waals surface area contributed by atoms with E-state index in [0.29, 0.717) is 11.5 Å². The maximum Gasteiger partial charge on any atom is 0.234 e. The lowest BCUT2D eigenvalue weighted by Crippen LogP contribution is -2.29. The van der Waals surface area contributed by atoms with Crippen molar-refractivity contribution < 1.29 is 13.7 Å². The van der Waals surface area contributed by atoms with Gasteiger partial charge in [0.25, 0.3) is 0 Å². The number of rotatable bonds is 3. The summed E-state index contributed by atoms with van der Waals surface area (Å²) >= 11 is 0. The third-order valence-electron chi connectivity index (χ3n) is 3.65. The monoisotopic (exact) mass is 315 g/mol. The summed E-state index contributed by atoms with van der Waals surface area (Å²) in [7, 11) is 1.99. The predicted octanol–water partition coefficient (Wildman–Crippen LogP) is 2.72. The van der Waals surface area contributed by atoms with Gasteiger partial charge in [0.05, 0.1) is 5.25 Å². The fraction of sp³-hybridized carbons (Fsp3) is 0.235. The highest BCUT2D eigenvalue weighted by Gasteiger charge is 2.32. The Hall–Kier alpha value is -2.14. The minimum atomic E-state index is -1.35. The zero-order valence-corrected chi connectivity index (χ0v) is 13.3. The highest BCUT2D eigenvalue weighted by molar-refractivity contribution is 7.86. The van der Waals surface area contributed by atoms with Crippen LogP contribution in [0.5, 0.6) is 11.5 Å². The van der Waals surface area contributed by atoms with E-state index >= 15 is 0 Å². The van der Waals surface area contributed by atoms with Crippen LogP contribution >= 0.6 is 0 Å². The van der Waals surface area contributed by atoms with E-state index in [1.54, 1.807) is 14.1 Å². The average molecular weight is 315 g/mol. The fourth-order valence-corrected chi connectivity index (χ4v) is 4.11. The first kappa shape index (κ1) is 14.8. The third-order valence-corrected chi connectivity index (χ3v) is 5.22. The van der Waals surface area contributed by atoms with Crippen molar-refractivity contribution in [2.24, 2.45) is 0 Å². The molecule has 22 heavy (non-hydrogen) atoms. The lowest BCUT2D eigenvalue weighted by Gasteiger charge is -2.27. The molecule has 2 aromatic rings. The number of hydrogen-bond donors (Lipinski definition) is 0. The highest BCUT2D eigenvalue weighted by Crippen LogP contribution is 2.45. The average Bonchev–Trinajstić information content (AvgIpc) is 2.52. The zero-order chi connectivity index (χ0) is 15.7. The number of nitrogens with zero attached hydrogens (tertiary/aromatic N) is 1. The van der Waals surface area contributed by atoms with E-state index in [1.807, 2.05) is 48.5 Å². The topological polar surface area (TPSA) is 46.6 Å². The predicted molar refractivity (Wildman–Crippen MR) is 86.5 cm³/mol. The first-order chi connectivity index (χ1) is 10.6. The number of hydrogen-bond acceptors (Lipinski definition) is 3. The van der Waals surface area contributed by atoms with Crippen molar-refractivity contribution in [1.82, 2.24) is 4.90 Å². The van der Waals surface area contributed by atoms with E-state index in [4.69, 9.17) is 4.74 Å². The molecule has 1 amide bonds. The molecule has 2 aromatic carbocycles. The lowest BCUT2D eigenvalue weighted by molar-refractivity contribution is -0.125. The highest BCUT2D eigenvalue weighted by atomic mass is 32.2. The molecule has 1 aliphatic heterocycles. The maximum atomic E-state index is 12.8. The van der Waals surface area contributed by atoms with Crippen LogP contribution in [0.4, 0.5) is 0 Å². The van der Waals surface area contributed by atoms with Gasteiger partial charge in [0.15, 0.2) is 0 Å². The Morgan fingerprint density at radius 2 is 1.55 bits per heavy atom. The van der Waals surface area contributed by atoms with Crippen LogP contribution < -0.4 is 4.74 Å². The molecule has 1 atom stereocenters. The molecule has 1 heterocycles. The molecule has 0 bridgehead atoms. The Morgan fingerprint density at radius 3 is 2.05 bits per heavy atom. The van der Waals surface area contributed by atoms with Gasteiger partial charge in [-0.15, -0.1) is 0 Å². The molecule has 1 unspecified atom stereocenters. The van der Waals surface area contributed by atoms with Gasteiger partial charge in [-0.05, 0) is 12.1 Å².